The molecular weight excluding hydrogens is 374 g/mol. The lowest BCUT2D eigenvalue weighted by molar-refractivity contribution is -0.386. The zero-order valence-electron chi connectivity index (χ0n) is 14.9. The Morgan fingerprint density at radius 3 is 2.48 bits per heavy atom. The van der Waals surface area contributed by atoms with Crippen molar-refractivity contribution in [1.82, 2.24) is 0 Å². The van der Waals surface area contributed by atoms with Crippen LogP contribution in [-0.2, 0) is 10.1 Å². The zero-order chi connectivity index (χ0) is 19.9. The summed E-state index contributed by atoms with van der Waals surface area (Å²) in [5, 5.41) is 11.1. The van der Waals surface area contributed by atoms with E-state index in [0.717, 1.165) is 23.3 Å². The standard InChI is InChI=1S/C18H17NO7S/c1-10-4-6-16(18-14(20)8-11(2)17(10)18)26-27(23,24)12-5-7-15(25-3)13(9-12)19(21)22/h4-7,9,11H,8H2,1-3H3. The minimum absolute atomic E-state index is 0.0270. The topological polar surface area (TPSA) is 113 Å². The molecule has 0 fully saturated rings. The molecule has 0 aromatic heterocycles. The first kappa shape index (κ1) is 18.8. The summed E-state index contributed by atoms with van der Waals surface area (Å²) in [6.07, 6.45) is 0.282. The number of carbonyl (C=O) groups is 1. The molecule has 0 amide bonds. The summed E-state index contributed by atoms with van der Waals surface area (Å²) in [5.41, 5.74) is 1.41. The first-order chi connectivity index (χ1) is 12.7. The van der Waals surface area contributed by atoms with Gasteiger partial charge in [0, 0.05) is 12.5 Å². The maximum Gasteiger partial charge on any atom is 0.339 e. The fourth-order valence-corrected chi connectivity index (χ4v) is 4.27. The van der Waals surface area contributed by atoms with E-state index >= 15 is 0 Å². The van der Waals surface area contributed by atoms with Gasteiger partial charge in [-0.15, -0.1) is 0 Å². The van der Waals surface area contributed by atoms with Gasteiger partial charge >= 0.3 is 15.8 Å². The van der Waals surface area contributed by atoms with Crippen molar-refractivity contribution in [3.05, 3.63) is 57.1 Å². The number of rotatable bonds is 5. The maximum atomic E-state index is 12.7. The summed E-state index contributed by atoms with van der Waals surface area (Å²) in [6.45, 7) is 3.74. The van der Waals surface area contributed by atoms with Gasteiger partial charge in [0.15, 0.2) is 17.3 Å². The number of nitro groups is 1. The van der Waals surface area contributed by atoms with Crippen LogP contribution in [0.4, 0.5) is 5.69 Å². The van der Waals surface area contributed by atoms with Crippen molar-refractivity contribution in [3.63, 3.8) is 0 Å². The number of nitrogens with zero attached hydrogens (tertiary/aromatic N) is 1. The molecule has 2 aromatic carbocycles. The number of aryl methyl sites for hydroxylation is 1. The van der Waals surface area contributed by atoms with Gasteiger partial charge in [0.2, 0.25) is 0 Å². The van der Waals surface area contributed by atoms with E-state index in [4.69, 9.17) is 8.92 Å². The molecule has 9 heteroatoms. The van der Waals surface area contributed by atoms with Crippen LogP contribution in [0.3, 0.4) is 0 Å². The van der Waals surface area contributed by atoms with Gasteiger partial charge in [-0.2, -0.15) is 8.42 Å². The van der Waals surface area contributed by atoms with Gasteiger partial charge in [0.1, 0.15) is 4.90 Å². The lowest BCUT2D eigenvalue weighted by Crippen LogP contribution is -2.12. The Kier molecular flexibility index (Phi) is 4.64. The molecule has 0 N–H and O–H groups in total. The Balaban J connectivity index is 2.06. The molecule has 3 rings (SSSR count). The summed E-state index contributed by atoms with van der Waals surface area (Å²) in [6, 6.07) is 6.32. The van der Waals surface area contributed by atoms with E-state index in [0.29, 0.717) is 0 Å². The monoisotopic (exact) mass is 391 g/mol. The second-order valence-electron chi connectivity index (χ2n) is 6.33. The first-order valence-corrected chi connectivity index (χ1v) is 9.50. The van der Waals surface area contributed by atoms with Crippen LogP contribution in [0.15, 0.2) is 35.2 Å². The maximum absolute atomic E-state index is 12.7. The number of methoxy groups -OCH3 is 1. The molecule has 0 heterocycles. The molecule has 0 saturated heterocycles. The van der Waals surface area contributed by atoms with Crippen LogP contribution in [-0.4, -0.2) is 26.2 Å². The number of hydrogen-bond donors (Lipinski definition) is 0. The minimum Gasteiger partial charge on any atom is -0.490 e. The molecule has 0 saturated carbocycles. The molecule has 2 aromatic rings. The molecule has 8 nitrogen and oxygen atoms in total. The number of benzene rings is 2. The molecule has 0 aliphatic heterocycles. The van der Waals surface area contributed by atoms with Crippen LogP contribution in [0, 0.1) is 17.0 Å². The quantitative estimate of drug-likeness (QED) is 0.436. The van der Waals surface area contributed by atoms with E-state index in [1.807, 2.05) is 13.8 Å². The van der Waals surface area contributed by atoms with Crippen molar-refractivity contribution in [2.24, 2.45) is 0 Å². The van der Waals surface area contributed by atoms with Crippen molar-refractivity contribution < 1.29 is 27.1 Å². The van der Waals surface area contributed by atoms with E-state index in [1.165, 1.54) is 19.2 Å². The van der Waals surface area contributed by atoms with Crippen molar-refractivity contribution in [1.29, 1.82) is 0 Å². The normalized spacial score (nSPS) is 16.1. The Hall–Kier alpha value is -2.94. The highest BCUT2D eigenvalue weighted by molar-refractivity contribution is 7.87. The third-order valence-corrected chi connectivity index (χ3v) is 5.75. The molecule has 0 spiro atoms. The summed E-state index contributed by atoms with van der Waals surface area (Å²) < 4.78 is 35.4. The van der Waals surface area contributed by atoms with E-state index < -0.39 is 25.6 Å². The number of fused-ring (bicyclic) bond motifs is 1. The van der Waals surface area contributed by atoms with E-state index in [-0.39, 0.29) is 35.2 Å². The van der Waals surface area contributed by atoms with Gasteiger partial charge in [-0.25, -0.2) is 0 Å². The van der Waals surface area contributed by atoms with Crippen molar-refractivity contribution in [2.45, 2.75) is 31.1 Å². The van der Waals surface area contributed by atoms with Gasteiger partial charge in [-0.3, -0.25) is 14.9 Å². The van der Waals surface area contributed by atoms with Gasteiger partial charge in [-0.05, 0) is 42.2 Å². The van der Waals surface area contributed by atoms with Crippen molar-refractivity contribution >= 4 is 21.6 Å². The lowest BCUT2D eigenvalue weighted by Gasteiger charge is -2.13. The van der Waals surface area contributed by atoms with Crippen LogP contribution in [0.2, 0.25) is 0 Å². The van der Waals surface area contributed by atoms with Gasteiger partial charge in [0.05, 0.1) is 17.6 Å². The smallest absolute Gasteiger partial charge is 0.339 e. The van der Waals surface area contributed by atoms with Crippen LogP contribution >= 0.6 is 0 Å². The van der Waals surface area contributed by atoms with E-state index in [2.05, 4.69) is 0 Å². The second kappa shape index (κ2) is 6.66. The zero-order valence-corrected chi connectivity index (χ0v) is 15.7. The third-order valence-electron chi connectivity index (χ3n) is 4.52. The number of hydrogen-bond acceptors (Lipinski definition) is 7. The van der Waals surface area contributed by atoms with E-state index in [9.17, 15) is 23.3 Å². The fraction of sp³-hybridized carbons (Fsp3) is 0.278. The Bertz CT molecular complexity index is 1060. The van der Waals surface area contributed by atoms with Crippen molar-refractivity contribution in [3.8, 4) is 11.5 Å². The molecule has 0 radical (unpaired) electrons. The predicted molar refractivity (Wildman–Crippen MR) is 96.0 cm³/mol. The van der Waals surface area contributed by atoms with Crippen molar-refractivity contribution in [2.75, 3.05) is 7.11 Å². The number of ketones is 1. The first-order valence-electron chi connectivity index (χ1n) is 8.09. The van der Waals surface area contributed by atoms with Crippen LogP contribution in [0.5, 0.6) is 11.5 Å². The summed E-state index contributed by atoms with van der Waals surface area (Å²) in [4.78, 5) is 22.3. The highest BCUT2D eigenvalue weighted by Crippen LogP contribution is 2.41. The summed E-state index contributed by atoms with van der Waals surface area (Å²) >= 11 is 0. The number of nitro benzene ring substituents is 1. The Labute approximate surface area is 156 Å². The molecule has 1 atom stereocenters. The van der Waals surface area contributed by atoms with Gasteiger partial charge in [0.25, 0.3) is 0 Å². The lowest BCUT2D eigenvalue weighted by atomic mass is 9.98. The van der Waals surface area contributed by atoms with Gasteiger partial charge < -0.3 is 8.92 Å². The SMILES string of the molecule is COc1ccc(S(=O)(=O)Oc2ccc(C)c3c2C(=O)CC3C)cc1[N+](=O)[O-]. The fourth-order valence-electron chi connectivity index (χ4n) is 3.31. The molecule has 27 heavy (non-hydrogen) atoms. The van der Waals surface area contributed by atoms with Crippen LogP contribution < -0.4 is 8.92 Å². The largest absolute Gasteiger partial charge is 0.490 e. The minimum atomic E-state index is -4.38. The molecular formula is C18H17NO7S. The molecule has 1 unspecified atom stereocenters. The van der Waals surface area contributed by atoms with Crippen LogP contribution in [0.25, 0.3) is 0 Å². The predicted octanol–water partition coefficient (Wildman–Crippen LogP) is 3.37. The summed E-state index contributed by atoms with van der Waals surface area (Å²) in [7, 11) is -3.14. The average Bonchev–Trinajstić information content (AvgIpc) is 2.92. The highest BCUT2D eigenvalue weighted by Gasteiger charge is 2.33. The Morgan fingerprint density at radius 1 is 1.19 bits per heavy atom. The molecule has 142 valence electrons. The number of Topliss-reactive ketones (excluding diaryl/α,β-unsaturated/α-hetero) is 1. The highest BCUT2D eigenvalue weighted by atomic mass is 32.2. The van der Waals surface area contributed by atoms with Crippen LogP contribution in [0.1, 0.15) is 40.7 Å². The Morgan fingerprint density at radius 2 is 1.85 bits per heavy atom. The second-order valence-corrected chi connectivity index (χ2v) is 7.87. The number of ether oxygens (including phenoxy) is 1. The molecule has 1 aliphatic rings. The summed E-state index contributed by atoms with van der Waals surface area (Å²) in [5.74, 6) is -0.351. The molecule has 0 bridgehead atoms. The number of carbonyl (C=O) groups excluding carboxylic acids is 1. The third kappa shape index (κ3) is 3.25. The van der Waals surface area contributed by atoms with E-state index in [1.54, 1.807) is 6.07 Å². The van der Waals surface area contributed by atoms with Gasteiger partial charge in [-0.1, -0.05) is 13.0 Å². The molecule has 1 aliphatic carbocycles. The average molecular weight is 391 g/mol.